The molecule has 39 heavy (non-hydrogen) atoms. The molecule has 0 spiro atoms. The number of anilines is 1. The van der Waals surface area contributed by atoms with Crippen molar-refractivity contribution in [1.29, 1.82) is 0 Å². The van der Waals surface area contributed by atoms with Gasteiger partial charge in [0.2, 0.25) is 0 Å². The van der Waals surface area contributed by atoms with Crippen LogP contribution in [0.4, 0.5) is 18.9 Å². The van der Waals surface area contributed by atoms with Crippen LogP contribution in [0, 0.1) is 13.8 Å². The molecule has 3 aromatic carbocycles. The number of nitrogens with one attached hydrogen (secondary N) is 1. The SMILES string of the molecule is Cc1cc([C@@H](C)Nc2ccc(C(F)(F)F)cc2C(=O)O)c2oc(-c3ccc4nn(C)cc4c3)c(C)c(=O)c2c1. The van der Waals surface area contributed by atoms with Crippen molar-refractivity contribution < 1.29 is 27.5 Å². The molecule has 0 bridgehead atoms. The molecule has 5 aromatic rings. The molecule has 10 heteroatoms. The third-order valence-corrected chi connectivity index (χ3v) is 6.69. The molecule has 0 saturated carbocycles. The van der Waals surface area contributed by atoms with Crippen molar-refractivity contribution in [3.63, 3.8) is 0 Å². The molecule has 0 aliphatic rings. The van der Waals surface area contributed by atoms with E-state index in [1.54, 1.807) is 30.7 Å². The van der Waals surface area contributed by atoms with Gasteiger partial charge in [0.25, 0.3) is 0 Å². The maximum absolute atomic E-state index is 13.5. The number of hydrogen-bond acceptors (Lipinski definition) is 5. The number of aromatic carboxylic acids is 1. The average molecular weight is 536 g/mol. The van der Waals surface area contributed by atoms with Crippen molar-refractivity contribution in [3.05, 3.63) is 92.8 Å². The lowest BCUT2D eigenvalue weighted by atomic mass is 9.98. The first-order chi connectivity index (χ1) is 18.3. The minimum atomic E-state index is -4.68. The van der Waals surface area contributed by atoms with E-state index < -0.39 is 29.3 Å². The quantitative estimate of drug-likeness (QED) is 0.255. The molecule has 0 radical (unpaired) electrons. The second kappa shape index (κ2) is 9.30. The third kappa shape index (κ3) is 4.73. The van der Waals surface area contributed by atoms with Gasteiger partial charge in [0.05, 0.1) is 28.1 Å². The van der Waals surface area contributed by atoms with E-state index in [1.807, 2.05) is 38.4 Å². The van der Waals surface area contributed by atoms with Gasteiger partial charge in [0.1, 0.15) is 11.3 Å². The van der Waals surface area contributed by atoms with E-state index in [1.165, 1.54) is 0 Å². The maximum atomic E-state index is 13.5. The van der Waals surface area contributed by atoms with Crippen molar-refractivity contribution in [2.75, 3.05) is 5.32 Å². The largest absolute Gasteiger partial charge is 0.478 e. The van der Waals surface area contributed by atoms with Crippen molar-refractivity contribution >= 4 is 33.5 Å². The Morgan fingerprint density at radius 3 is 2.54 bits per heavy atom. The van der Waals surface area contributed by atoms with Crippen LogP contribution in [-0.2, 0) is 13.2 Å². The molecule has 2 aromatic heterocycles. The van der Waals surface area contributed by atoms with E-state index in [4.69, 9.17) is 4.42 Å². The minimum absolute atomic E-state index is 0.00867. The first-order valence-corrected chi connectivity index (χ1v) is 12.1. The highest BCUT2D eigenvalue weighted by molar-refractivity contribution is 5.95. The number of fused-ring (bicyclic) bond motifs is 2. The van der Waals surface area contributed by atoms with Crippen molar-refractivity contribution in [2.45, 2.75) is 33.0 Å². The Morgan fingerprint density at radius 1 is 1.10 bits per heavy atom. The van der Waals surface area contributed by atoms with E-state index >= 15 is 0 Å². The number of benzene rings is 3. The Morgan fingerprint density at radius 2 is 1.85 bits per heavy atom. The number of nitrogens with zero attached hydrogens (tertiary/aromatic N) is 2. The van der Waals surface area contributed by atoms with Crippen LogP contribution in [0.1, 0.15) is 45.6 Å². The Balaban J connectivity index is 1.64. The van der Waals surface area contributed by atoms with Gasteiger partial charge in [0.15, 0.2) is 5.43 Å². The molecular formula is C29H24F3N3O4. The predicted octanol–water partition coefficient (Wildman–Crippen LogP) is 6.85. The Labute approximate surface area is 220 Å². The number of aryl methyl sites for hydroxylation is 2. The summed E-state index contributed by atoms with van der Waals surface area (Å²) in [6.45, 7) is 5.23. The fourth-order valence-electron chi connectivity index (χ4n) is 4.79. The highest BCUT2D eigenvalue weighted by Gasteiger charge is 2.32. The molecule has 2 N–H and O–H groups in total. The molecule has 2 heterocycles. The molecule has 7 nitrogen and oxygen atoms in total. The van der Waals surface area contributed by atoms with Gasteiger partial charge in [-0.1, -0.05) is 6.07 Å². The summed E-state index contributed by atoms with van der Waals surface area (Å²) in [5, 5.41) is 18.2. The number of aromatic nitrogens is 2. The van der Waals surface area contributed by atoms with Crippen molar-refractivity contribution in [1.82, 2.24) is 9.78 Å². The van der Waals surface area contributed by atoms with Gasteiger partial charge in [-0.3, -0.25) is 9.48 Å². The molecule has 200 valence electrons. The fraction of sp³-hybridized carbons (Fsp3) is 0.207. The van der Waals surface area contributed by atoms with Crippen LogP contribution >= 0.6 is 0 Å². The van der Waals surface area contributed by atoms with Gasteiger partial charge in [0, 0.05) is 41.0 Å². The van der Waals surface area contributed by atoms with Gasteiger partial charge < -0.3 is 14.8 Å². The van der Waals surface area contributed by atoms with Gasteiger partial charge >= 0.3 is 12.1 Å². The first kappa shape index (κ1) is 26.0. The van der Waals surface area contributed by atoms with Crippen LogP contribution in [0.25, 0.3) is 33.2 Å². The Kier molecular flexibility index (Phi) is 6.21. The monoisotopic (exact) mass is 535 g/mol. The summed E-state index contributed by atoms with van der Waals surface area (Å²) in [6.07, 6.45) is -2.82. The number of hydrogen-bond donors (Lipinski definition) is 2. The predicted molar refractivity (Wildman–Crippen MR) is 142 cm³/mol. The van der Waals surface area contributed by atoms with E-state index in [0.717, 1.165) is 28.6 Å². The average Bonchev–Trinajstić information content (AvgIpc) is 3.24. The van der Waals surface area contributed by atoms with Crippen LogP contribution in [0.2, 0.25) is 0 Å². The summed E-state index contributed by atoms with van der Waals surface area (Å²) in [5.41, 5.74) is 1.77. The van der Waals surface area contributed by atoms with Crippen molar-refractivity contribution in [3.8, 4) is 11.3 Å². The lowest BCUT2D eigenvalue weighted by Crippen LogP contribution is -2.15. The summed E-state index contributed by atoms with van der Waals surface area (Å²) < 4.78 is 47.6. The van der Waals surface area contributed by atoms with Gasteiger partial charge in [-0.25, -0.2) is 4.79 Å². The van der Waals surface area contributed by atoms with E-state index in [0.29, 0.717) is 39.5 Å². The number of carboxylic acids is 1. The fourth-order valence-corrected chi connectivity index (χ4v) is 4.79. The molecule has 1 atom stereocenters. The van der Waals surface area contributed by atoms with Crippen LogP contribution in [0.15, 0.2) is 63.9 Å². The van der Waals surface area contributed by atoms with E-state index in [9.17, 15) is 27.9 Å². The zero-order valence-electron chi connectivity index (χ0n) is 21.5. The molecular weight excluding hydrogens is 511 g/mol. The van der Waals surface area contributed by atoms with Crippen LogP contribution < -0.4 is 10.7 Å². The second-order valence-corrected chi connectivity index (χ2v) is 9.62. The molecule has 0 aliphatic heterocycles. The molecule has 0 saturated heterocycles. The molecule has 0 amide bonds. The van der Waals surface area contributed by atoms with Crippen LogP contribution in [-0.4, -0.2) is 20.9 Å². The number of carbonyl (C=O) groups is 1. The number of carboxylic acid groups (broad SMARTS) is 1. The number of halogens is 3. The summed E-state index contributed by atoms with van der Waals surface area (Å²) in [6, 6.07) is 11.0. The minimum Gasteiger partial charge on any atom is -0.478 e. The lowest BCUT2D eigenvalue weighted by molar-refractivity contribution is -0.137. The van der Waals surface area contributed by atoms with E-state index in [2.05, 4.69) is 10.4 Å². The van der Waals surface area contributed by atoms with Gasteiger partial charge in [-0.2, -0.15) is 18.3 Å². The van der Waals surface area contributed by atoms with Gasteiger partial charge in [-0.15, -0.1) is 0 Å². The summed E-state index contributed by atoms with van der Waals surface area (Å²) in [5.74, 6) is -1.11. The summed E-state index contributed by atoms with van der Waals surface area (Å²) in [7, 11) is 1.82. The molecule has 0 fully saturated rings. The summed E-state index contributed by atoms with van der Waals surface area (Å²) >= 11 is 0. The molecule has 5 rings (SSSR count). The Bertz CT molecular complexity index is 1840. The number of rotatable bonds is 5. The molecule has 0 aliphatic carbocycles. The van der Waals surface area contributed by atoms with E-state index in [-0.39, 0.29) is 11.1 Å². The zero-order valence-corrected chi connectivity index (χ0v) is 21.5. The number of alkyl halides is 3. The highest BCUT2D eigenvalue weighted by Crippen LogP contribution is 2.35. The van der Waals surface area contributed by atoms with Gasteiger partial charge in [-0.05, 0) is 68.8 Å². The third-order valence-electron chi connectivity index (χ3n) is 6.69. The second-order valence-electron chi connectivity index (χ2n) is 9.62. The lowest BCUT2D eigenvalue weighted by Gasteiger charge is -2.20. The molecule has 0 unspecified atom stereocenters. The standard InChI is InChI=1S/C29H24F3N3O4/c1-14-9-20(16(3)33-24-8-6-19(29(30,31)32)12-21(24)28(37)38)27-22(10-14)25(36)15(2)26(39-27)17-5-7-23-18(11-17)13-35(4)34-23/h5-13,16,33H,1-4H3,(H,37,38)/t16-/m1/s1. The van der Waals surface area contributed by atoms with Crippen LogP contribution in [0.3, 0.4) is 0 Å². The Hall–Kier alpha value is -4.60. The first-order valence-electron chi connectivity index (χ1n) is 12.1. The van der Waals surface area contributed by atoms with Crippen LogP contribution in [0.5, 0.6) is 0 Å². The summed E-state index contributed by atoms with van der Waals surface area (Å²) in [4.78, 5) is 25.3. The van der Waals surface area contributed by atoms with Crippen molar-refractivity contribution in [2.24, 2.45) is 7.05 Å². The normalized spacial score (nSPS) is 12.7. The topological polar surface area (TPSA) is 97.4 Å². The maximum Gasteiger partial charge on any atom is 0.416 e. The smallest absolute Gasteiger partial charge is 0.416 e. The highest BCUT2D eigenvalue weighted by atomic mass is 19.4. The zero-order chi connectivity index (χ0) is 28.2.